The van der Waals surface area contributed by atoms with E-state index in [0.29, 0.717) is 24.7 Å². The minimum Gasteiger partial charge on any atom is -0.275 e. The Morgan fingerprint density at radius 1 is 1.29 bits per heavy atom. The summed E-state index contributed by atoms with van der Waals surface area (Å²) in [4.78, 5) is 0. The second-order valence-electron chi connectivity index (χ2n) is 4.83. The molecule has 5 heteroatoms. The van der Waals surface area contributed by atoms with Gasteiger partial charge in [0.1, 0.15) is 0 Å². The van der Waals surface area contributed by atoms with Gasteiger partial charge in [0.2, 0.25) is 0 Å². The molecule has 0 aromatic heterocycles. The molecule has 1 aliphatic carbocycles. The van der Waals surface area contributed by atoms with Crippen molar-refractivity contribution in [2.45, 2.75) is 25.7 Å². The summed E-state index contributed by atoms with van der Waals surface area (Å²) in [6.07, 6.45) is 5.85. The van der Waals surface area contributed by atoms with E-state index in [1.165, 1.54) is 4.31 Å². The van der Waals surface area contributed by atoms with Crippen molar-refractivity contribution in [1.29, 1.82) is 0 Å². The summed E-state index contributed by atoms with van der Waals surface area (Å²) in [5, 5.41) is 0. The molecule has 0 spiro atoms. The normalized spacial score (nSPS) is 29.6. The van der Waals surface area contributed by atoms with E-state index in [-0.39, 0.29) is 5.92 Å². The van der Waals surface area contributed by atoms with Gasteiger partial charge in [-0.3, -0.25) is 4.72 Å². The monoisotopic (exact) mass is 256 g/mol. The van der Waals surface area contributed by atoms with Gasteiger partial charge in [-0.25, -0.2) is 0 Å². The van der Waals surface area contributed by atoms with Crippen LogP contribution >= 0.6 is 0 Å². The third-order valence-electron chi connectivity index (χ3n) is 3.51. The number of allylic oxidation sites excluding steroid dienone is 2. The molecule has 1 aliphatic heterocycles. The van der Waals surface area contributed by atoms with Gasteiger partial charge in [0.15, 0.2) is 0 Å². The molecule has 0 aromatic carbocycles. The topological polar surface area (TPSA) is 49.4 Å². The number of piperidine rings is 1. The van der Waals surface area contributed by atoms with Crippen LogP contribution in [-0.4, -0.2) is 25.8 Å². The first-order valence-corrected chi connectivity index (χ1v) is 7.58. The van der Waals surface area contributed by atoms with Crippen LogP contribution in [0.5, 0.6) is 0 Å². The third kappa shape index (κ3) is 2.90. The lowest BCUT2D eigenvalue weighted by molar-refractivity contribution is 0.343. The molecule has 0 amide bonds. The van der Waals surface area contributed by atoms with Crippen molar-refractivity contribution < 1.29 is 8.42 Å². The summed E-state index contributed by atoms with van der Waals surface area (Å²) in [5.41, 5.74) is 0.612. The van der Waals surface area contributed by atoms with Gasteiger partial charge in [-0.15, -0.1) is 6.58 Å². The summed E-state index contributed by atoms with van der Waals surface area (Å²) in [7, 11) is -3.37. The zero-order valence-electron chi connectivity index (χ0n) is 10.1. The number of nitrogens with zero attached hydrogens (tertiary/aromatic N) is 1. The average molecular weight is 256 g/mol. The van der Waals surface area contributed by atoms with E-state index in [1.807, 2.05) is 6.08 Å². The van der Waals surface area contributed by atoms with Crippen LogP contribution in [-0.2, 0) is 10.2 Å². The highest BCUT2D eigenvalue weighted by atomic mass is 32.2. The van der Waals surface area contributed by atoms with Crippen molar-refractivity contribution >= 4 is 10.2 Å². The van der Waals surface area contributed by atoms with Crippen molar-refractivity contribution in [2.24, 2.45) is 11.8 Å². The van der Waals surface area contributed by atoms with Crippen LogP contribution in [0.2, 0.25) is 0 Å². The van der Waals surface area contributed by atoms with E-state index in [0.717, 1.165) is 25.7 Å². The molecule has 0 unspecified atom stereocenters. The van der Waals surface area contributed by atoms with Crippen molar-refractivity contribution in [1.82, 2.24) is 9.03 Å². The highest BCUT2D eigenvalue weighted by molar-refractivity contribution is 7.87. The van der Waals surface area contributed by atoms with Crippen molar-refractivity contribution in [3.63, 3.8) is 0 Å². The largest absolute Gasteiger partial charge is 0.301 e. The van der Waals surface area contributed by atoms with E-state index in [2.05, 4.69) is 17.9 Å². The lowest BCUT2D eigenvalue weighted by Crippen LogP contribution is -2.43. The zero-order valence-corrected chi connectivity index (χ0v) is 10.9. The standard InChI is InChI=1S/C12H20N2O2S/c1-3-11-9-12(11)10(2)13-17(15,16)14-7-5-4-6-8-14/h3,11-13H,1-2,4-9H2/t11-,12-/m1/s1. The summed E-state index contributed by atoms with van der Waals surface area (Å²) >= 11 is 0. The predicted molar refractivity (Wildman–Crippen MR) is 68.4 cm³/mol. The fourth-order valence-electron chi connectivity index (χ4n) is 2.29. The van der Waals surface area contributed by atoms with Crippen LogP contribution in [0, 0.1) is 11.8 Å². The molecule has 2 aliphatic rings. The molecule has 1 N–H and O–H groups in total. The lowest BCUT2D eigenvalue weighted by Gasteiger charge is -2.26. The number of rotatable bonds is 5. The molecule has 1 heterocycles. The maximum absolute atomic E-state index is 12.1. The van der Waals surface area contributed by atoms with Crippen molar-refractivity contribution in [3.8, 4) is 0 Å². The highest BCUT2D eigenvalue weighted by Gasteiger charge is 2.38. The Balaban J connectivity index is 1.92. The highest BCUT2D eigenvalue weighted by Crippen LogP contribution is 2.43. The first-order chi connectivity index (χ1) is 8.04. The summed E-state index contributed by atoms with van der Waals surface area (Å²) in [6.45, 7) is 8.79. The van der Waals surface area contributed by atoms with Gasteiger partial charge in [-0.2, -0.15) is 12.7 Å². The molecule has 2 rings (SSSR count). The number of hydrogen-bond acceptors (Lipinski definition) is 2. The Labute approximate surface area is 104 Å². The molecule has 96 valence electrons. The summed E-state index contributed by atoms with van der Waals surface area (Å²) in [6, 6.07) is 0. The van der Waals surface area contributed by atoms with Crippen LogP contribution < -0.4 is 4.72 Å². The summed E-state index contributed by atoms with van der Waals surface area (Å²) < 4.78 is 28.2. The summed E-state index contributed by atoms with van der Waals surface area (Å²) in [5.74, 6) is 0.638. The predicted octanol–water partition coefficient (Wildman–Crippen LogP) is 1.64. The number of nitrogens with one attached hydrogen (secondary N) is 1. The maximum Gasteiger partial charge on any atom is 0.301 e. The molecule has 1 saturated carbocycles. The number of hydrogen-bond donors (Lipinski definition) is 1. The van der Waals surface area contributed by atoms with E-state index in [9.17, 15) is 8.42 Å². The van der Waals surface area contributed by atoms with Gasteiger partial charge in [0, 0.05) is 24.7 Å². The molecule has 4 nitrogen and oxygen atoms in total. The van der Waals surface area contributed by atoms with Crippen molar-refractivity contribution in [3.05, 3.63) is 24.9 Å². The van der Waals surface area contributed by atoms with Crippen LogP contribution in [0.25, 0.3) is 0 Å². The molecule has 2 atom stereocenters. The Morgan fingerprint density at radius 2 is 1.94 bits per heavy atom. The van der Waals surface area contributed by atoms with E-state index in [4.69, 9.17) is 0 Å². The Morgan fingerprint density at radius 3 is 2.47 bits per heavy atom. The van der Waals surface area contributed by atoms with Gasteiger partial charge in [0.25, 0.3) is 0 Å². The molecular weight excluding hydrogens is 236 g/mol. The second kappa shape index (κ2) is 4.82. The van der Waals surface area contributed by atoms with Crippen LogP contribution in [0.1, 0.15) is 25.7 Å². The fraction of sp³-hybridized carbons (Fsp3) is 0.667. The molecule has 17 heavy (non-hydrogen) atoms. The Kier molecular flexibility index (Phi) is 3.58. The SMILES string of the molecule is C=C[C@@H]1C[C@@H]1C(=C)NS(=O)(=O)N1CCCCC1. The van der Waals surface area contributed by atoms with Crippen LogP contribution in [0.15, 0.2) is 24.9 Å². The second-order valence-corrected chi connectivity index (χ2v) is 6.50. The quantitative estimate of drug-likeness (QED) is 0.760. The Bertz CT molecular complexity index is 410. The van der Waals surface area contributed by atoms with E-state index in [1.54, 1.807) is 0 Å². The van der Waals surface area contributed by atoms with E-state index < -0.39 is 10.2 Å². The van der Waals surface area contributed by atoms with Gasteiger partial charge >= 0.3 is 10.2 Å². The fourth-order valence-corrected chi connectivity index (χ4v) is 3.64. The van der Waals surface area contributed by atoms with Crippen molar-refractivity contribution in [2.75, 3.05) is 13.1 Å². The molecule has 1 saturated heterocycles. The smallest absolute Gasteiger partial charge is 0.275 e. The first kappa shape index (κ1) is 12.6. The van der Waals surface area contributed by atoms with Crippen LogP contribution in [0.4, 0.5) is 0 Å². The molecule has 0 bridgehead atoms. The van der Waals surface area contributed by atoms with Gasteiger partial charge in [-0.1, -0.05) is 19.1 Å². The average Bonchev–Trinajstić information content (AvgIpc) is 3.09. The van der Waals surface area contributed by atoms with Crippen LogP contribution in [0.3, 0.4) is 0 Å². The zero-order chi connectivity index (χ0) is 12.5. The lowest BCUT2D eigenvalue weighted by atomic mass is 10.2. The molecular formula is C12H20N2O2S. The molecule has 0 aromatic rings. The maximum atomic E-state index is 12.1. The Hall–Kier alpha value is -0.810. The minimum absolute atomic E-state index is 0.243. The van der Waals surface area contributed by atoms with Gasteiger partial charge < -0.3 is 0 Å². The molecule has 0 radical (unpaired) electrons. The minimum atomic E-state index is -3.37. The first-order valence-electron chi connectivity index (χ1n) is 6.14. The van der Waals surface area contributed by atoms with Gasteiger partial charge in [0.05, 0.1) is 0 Å². The molecule has 2 fully saturated rings. The van der Waals surface area contributed by atoms with E-state index >= 15 is 0 Å². The van der Waals surface area contributed by atoms with Gasteiger partial charge in [-0.05, 0) is 25.2 Å². The third-order valence-corrected chi connectivity index (χ3v) is 5.07.